The number of H-pyrrole nitrogens is 1. The van der Waals surface area contributed by atoms with Crippen molar-refractivity contribution in [2.24, 2.45) is 0 Å². The fraction of sp³-hybridized carbons (Fsp3) is 0. The summed E-state index contributed by atoms with van der Waals surface area (Å²) in [7, 11) is 0. The molecular weight excluding hydrogens is 310 g/mol. The molecule has 0 unspecified atom stereocenters. The molecule has 0 aliphatic carbocycles. The molecule has 0 atom stereocenters. The summed E-state index contributed by atoms with van der Waals surface area (Å²) in [6.07, 6.45) is 0. The fourth-order valence-corrected chi connectivity index (χ4v) is 5.10. The van der Waals surface area contributed by atoms with Crippen molar-refractivity contribution in [3.05, 3.63) is 72.8 Å². The lowest BCUT2D eigenvalue weighted by molar-refractivity contribution is 1.55. The van der Waals surface area contributed by atoms with Gasteiger partial charge < -0.3 is 4.98 Å². The lowest BCUT2D eigenvalue weighted by atomic mass is 10.0. The van der Waals surface area contributed by atoms with Crippen molar-refractivity contribution < 1.29 is 0 Å². The Labute approximate surface area is 142 Å². The maximum absolute atomic E-state index is 3.58. The number of hydrogen-bond acceptors (Lipinski definition) is 1. The van der Waals surface area contributed by atoms with Gasteiger partial charge in [-0.2, -0.15) is 0 Å². The zero-order chi connectivity index (χ0) is 15.7. The Balaban J connectivity index is 2.01. The molecular formula is C22H13NS. The van der Waals surface area contributed by atoms with Gasteiger partial charge in [-0.15, -0.1) is 11.3 Å². The molecule has 0 spiro atoms. The third kappa shape index (κ3) is 1.49. The minimum absolute atomic E-state index is 1.21. The maximum Gasteiger partial charge on any atom is 0.0472 e. The van der Waals surface area contributed by atoms with Crippen molar-refractivity contribution in [1.82, 2.24) is 4.98 Å². The molecule has 1 N–H and O–H groups in total. The van der Waals surface area contributed by atoms with Crippen LogP contribution in [0.1, 0.15) is 0 Å². The Morgan fingerprint density at radius 3 is 2.25 bits per heavy atom. The number of rotatable bonds is 0. The lowest BCUT2D eigenvalue weighted by Gasteiger charge is -2.01. The molecule has 0 fully saturated rings. The molecule has 24 heavy (non-hydrogen) atoms. The Kier molecular flexibility index (Phi) is 2.29. The molecule has 0 aliphatic rings. The standard InChI is InChI=1S/C22H13NS/c1-2-6-14-13(5-1)9-11-18-21(14)22-19(24-18)12-10-17-20(22)15-7-3-4-8-16(15)23-17/h1-12,23H. The van der Waals surface area contributed by atoms with Crippen LogP contribution in [-0.4, -0.2) is 4.98 Å². The van der Waals surface area contributed by atoms with E-state index >= 15 is 0 Å². The van der Waals surface area contributed by atoms with Crippen LogP contribution in [0.3, 0.4) is 0 Å². The van der Waals surface area contributed by atoms with Crippen LogP contribution < -0.4 is 0 Å². The smallest absolute Gasteiger partial charge is 0.0472 e. The molecule has 6 rings (SSSR count). The number of hydrogen-bond donors (Lipinski definition) is 1. The van der Waals surface area contributed by atoms with Gasteiger partial charge in [0.15, 0.2) is 0 Å². The van der Waals surface area contributed by atoms with Crippen LogP contribution in [0.4, 0.5) is 0 Å². The number of para-hydroxylation sites is 1. The van der Waals surface area contributed by atoms with Gasteiger partial charge in [0.25, 0.3) is 0 Å². The summed E-state index contributed by atoms with van der Waals surface area (Å²) in [5.41, 5.74) is 2.43. The normalized spacial score (nSPS) is 12.2. The van der Waals surface area contributed by atoms with Crippen LogP contribution in [0.15, 0.2) is 72.8 Å². The Hall–Kier alpha value is -2.84. The number of fused-ring (bicyclic) bond motifs is 9. The largest absolute Gasteiger partial charge is 0.354 e. The van der Waals surface area contributed by atoms with E-state index in [1.807, 2.05) is 11.3 Å². The second-order valence-corrected chi connectivity index (χ2v) is 7.38. The average molecular weight is 323 g/mol. The predicted octanol–water partition coefficient (Wildman–Crippen LogP) is 6.84. The van der Waals surface area contributed by atoms with E-state index in [0.717, 1.165) is 0 Å². The average Bonchev–Trinajstić information content (AvgIpc) is 3.19. The second kappa shape index (κ2) is 4.37. The Morgan fingerprint density at radius 1 is 0.542 bits per heavy atom. The molecule has 0 saturated heterocycles. The molecule has 2 aromatic heterocycles. The first kappa shape index (κ1) is 12.6. The number of thiophene rings is 1. The summed E-state index contributed by atoms with van der Waals surface area (Å²) in [6.45, 7) is 0. The molecule has 1 nitrogen and oxygen atoms in total. The van der Waals surface area contributed by atoms with E-state index < -0.39 is 0 Å². The van der Waals surface area contributed by atoms with E-state index in [-0.39, 0.29) is 0 Å². The molecule has 112 valence electrons. The van der Waals surface area contributed by atoms with Crippen LogP contribution in [0.2, 0.25) is 0 Å². The van der Waals surface area contributed by atoms with Gasteiger partial charge >= 0.3 is 0 Å². The molecule has 0 radical (unpaired) electrons. The Bertz CT molecular complexity index is 1400. The highest BCUT2D eigenvalue weighted by Gasteiger charge is 2.14. The van der Waals surface area contributed by atoms with Crippen LogP contribution in [0, 0.1) is 0 Å². The lowest BCUT2D eigenvalue weighted by Crippen LogP contribution is -1.75. The van der Waals surface area contributed by atoms with Crippen LogP contribution in [0.25, 0.3) is 52.8 Å². The number of aromatic amines is 1. The Morgan fingerprint density at radius 2 is 1.29 bits per heavy atom. The maximum atomic E-state index is 3.58. The van der Waals surface area contributed by atoms with Crippen LogP contribution >= 0.6 is 11.3 Å². The van der Waals surface area contributed by atoms with E-state index in [4.69, 9.17) is 0 Å². The summed E-state index contributed by atoms with van der Waals surface area (Å²) in [6, 6.07) is 26.3. The minimum atomic E-state index is 1.21. The topological polar surface area (TPSA) is 15.8 Å². The zero-order valence-corrected chi connectivity index (χ0v) is 13.7. The predicted molar refractivity (Wildman–Crippen MR) is 106 cm³/mol. The number of nitrogens with one attached hydrogen (secondary N) is 1. The SMILES string of the molecule is c1ccc2c(c1)ccc1sc3ccc4[nH]c5ccccc5c4c3c12. The summed E-state index contributed by atoms with van der Waals surface area (Å²) in [5, 5.41) is 8.10. The highest BCUT2D eigenvalue weighted by molar-refractivity contribution is 7.26. The molecule has 0 aliphatic heterocycles. The first-order chi connectivity index (χ1) is 11.9. The highest BCUT2D eigenvalue weighted by Crippen LogP contribution is 2.43. The second-order valence-electron chi connectivity index (χ2n) is 6.29. The van der Waals surface area contributed by atoms with Crippen molar-refractivity contribution >= 4 is 64.1 Å². The summed E-state index contributed by atoms with van der Waals surface area (Å²) in [5.74, 6) is 0. The monoisotopic (exact) mass is 323 g/mol. The molecule has 2 heteroatoms. The van der Waals surface area contributed by atoms with Crippen molar-refractivity contribution in [3.8, 4) is 0 Å². The highest BCUT2D eigenvalue weighted by atomic mass is 32.1. The van der Waals surface area contributed by atoms with Gasteiger partial charge in [-0.1, -0.05) is 48.5 Å². The first-order valence-corrected chi connectivity index (χ1v) is 8.95. The molecule has 0 amide bonds. The molecule has 0 bridgehead atoms. The molecule has 4 aromatic carbocycles. The van der Waals surface area contributed by atoms with Gasteiger partial charge in [0.2, 0.25) is 0 Å². The summed E-state index contributed by atoms with van der Waals surface area (Å²) in [4.78, 5) is 3.58. The van der Waals surface area contributed by atoms with E-state index in [2.05, 4.69) is 77.8 Å². The van der Waals surface area contributed by atoms with Gasteiger partial charge in [0.05, 0.1) is 0 Å². The van der Waals surface area contributed by atoms with Gasteiger partial charge in [-0.05, 0) is 35.0 Å². The quantitative estimate of drug-likeness (QED) is 0.315. The summed E-state index contributed by atoms with van der Waals surface area (Å²) < 4.78 is 2.72. The van der Waals surface area contributed by atoms with Gasteiger partial charge in [0.1, 0.15) is 0 Å². The minimum Gasteiger partial charge on any atom is -0.354 e. The van der Waals surface area contributed by atoms with E-state index in [9.17, 15) is 0 Å². The van der Waals surface area contributed by atoms with Gasteiger partial charge in [0, 0.05) is 42.0 Å². The van der Waals surface area contributed by atoms with E-state index in [1.165, 1.54) is 52.8 Å². The molecule has 6 aromatic rings. The number of benzene rings is 4. The van der Waals surface area contributed by atoms with Crippen molar-refractivity contribution in [1.29, 1.82) is 0 Å². The molecule has 2 heterocycles. The third-order valence-electron chi connectivity index (χ3n) is 4.99. The van der Waals surface area contributed by atoms with Crippen molar-refractivity contribution in [2.45, 2.75) is 0 Å². The van der Waals surface area contributed by atoms with E-state index in [0.29, 0.717) is 0 Å². The van der Waals surface area contributed by atoms with Crippen molar-refractivity contribution in [2.75, 3.05) is 0 Å². The third-order valence-corrected chi connectivity index (χ3v) is 6.11. The molecule has 0 saturated carbocycles. The summed E-state index contributed by atoms with van der Waals surface area (Å²) >= 11 is 1.89. The van der Waals surface area contributed by atoms with Crippen LogP contribution in [0.5, 0.6) is 0 Å². The zero-order valence-electron chi connectivity index (χ0n) is 12.8. The van der Waals surface area contributed by atoms with Crippen molar-refractivity contribution in [3.63, 3.8) is 0 Å². The van der Waals surface area contributed by atoms with E-state index in [1.54, 1.807) is 0 Å². The fourth-order valence-electron chi connectivity index (χ4n) is 3.97. The van der Waals surface area contributed by atoms with Gasteiger partial charge in [-0.3, -0.25) is 0 Å². The first-order valence-electron chi connectivity index (χ1n) is 8.13. The van der Waals surface area contributed by atoms with Gasteiger partial charge in [-0.25, -0.2) is 0 Å². The van der Waals surface area contributed by atoms with Crippen LogP contribution in [-0.2, 0) is 0 Å². The number of aromatic nitrogens is 1.